The second kappa shape index (κ2) is 6.78. The Morgan fingerprint density at radius 3 is 2.15 bits per heavy atom. The summed E-state index contributed by atoms with van der Waals surface area (Å²) in [5, 5.41) is 5.79. The molecule has 1 atom stereocenters. The van der Waals surface area contributed by atoms with Crippen LogP contribution in [0, 0.1) is 25.7 Å². The topological polar surface area (TPSA) is 69.4 Å². The van der Waals surface area contributed by atoms with E-state index >= 15 is 0 Å². The molecule has 0 aliphatic carbocycles. The molecule has 114 valence electrons. The highest BCUT2D eigenvalue weighted by Gasteiger charge is 2.21. The summed E-state index contributed by atoms with van der Waals surface area (Å²) in [6.45, 7) is 8.06. The maximum absolute atomic E-state index is 11.2. The molecule has 1 unspecified atom stereocenters. The lowest BCUT2D eigenvalue weighted by atomic mass is 9.99. The van der Waals surface area contributed by atoms with Gasteiger partial charge in [0, 0.05) is 10.9 Å². The molecular formula is C14H22ClNO3S. The first kappa shape index (κ1) is 17.3. The predicted molar refractivity (Wildman–Crippen MR) is 82.7 cm³/mol. The SMILES string of the molecule is Cc1cc(Cl)cc(C)c1OCC(CS(N)(=O)=O)C(C)C. The van der Waals surface area contributed by atoms with E-state index in [1.165, 1.54) is 0 Å². The summed E-state index contributed by atoms with van der Waals surface area (Å²) in [6.07, 6.45) is 0. The summed E-state index contributed by atoms with van der Waals surface area (Å²) in [5.41, 5.74) is 1.88. The van der Waals surface area contributed by atoms with Crippen LogP contribution in [-0.4, -0.2) is 20.8 Å². The van der Waals surface area contributed by atoms with Gasteiger partial charge in [-0.1, -0.05) is 25.4 Å². The van der Waals surface area contributed by atoms with Gasteiger partial charge in [0.05, 0.1) is 12.4 Å². The summed E-state index contributed by atoms with van der Waals surface area (Å²) >= 11 is 5.97. The highest BCUT2D eigenvalue weighted by Crippen LogP contribution is 2.28. The molecule has 20 heavy (non-hydrogen) atoms. The Kier molecular flexibility index (Phi) is 5.86. The fourth-order valence-electron chi connectivity index (χ4n) is 2.05. The van der Waals surface area contributed by atoms with E-state index in [-0.39, 0.29) is 17.6 Å². The molecule has 2 N–H and O–H groups in total. The number of rotatable bonds is 6. The average Bonchev–Trinajstić information content (AvgIpc) is 2.23. The summed E-state index contributed by atoms with van der Waals surface area (Å²) in [4.78, 5) is 0. The minimum atomic E-state index is -3.50. The minimum Gasteiger partial charge on any atom is -0.493 e. The van der Waals surface area contributed by atoms with Crippen LogP contribution in [0.1, 0.15) is 25.0 Å². The zero-order valence-electron chi connectivity index (χ0n) is 12.3. The third kappa shape index (κ3) is 5.31. The quantitative estimate of drug-likeness (QED) is 0.876. The molecule has 0 fully saturated rings. The molecule has 0 aliphatic rings. The Morgan fingerprint density at radius 2 is 1.75 bits per heavy atom. The lowest BCUT2D eigenvalue weighted by molar-refractivity contribution is 0.222. The Hall–Kier alpha value is -0.780. The number of halogens is 1. The zero-order chi connectivity index (χ0) is 15.5. The van der Waals surface area contributed by atoms with Gasteiger partial charge in [0.25, 0.3) is 0 Å². The van der Waals surface area contributed by atoms with Gasteiger partial charge < -0.3 is 4.74 Å². The van der Waals surface area contributed by atoms with Gasteiger partial charge >= 0.3 is 0 Å². The van der Waals surface area contributed by atoms with Crippen LogP contribution in [0.25, 0.3) is 0 Å². The molecule has 0 bridgehead atoms. The summed E-state index contributed by atoms with van der Waals surface area (Å²) in [6, 6.07) is 3.65. The van der Waals surface area contributed by atoms with E-state index in [0.717, 1.165) is 16.9 Å². The van der Waals surface area contributed by atoms with Gasteiger partial charge in [0.2, 0.25) is 10.0 Å². The fraction of sp³-hybridized carbons (Fsp3) is 0.571. The van der Waals surface area contributed by atoms with Gasteiger partial charge in [-0.3, -0.25) is 0 Å². The second-order valence-corrected chi connectivity index (χ2v) is 7.61. The highest BCUT2D eigenvalue weighted by atomic mass is 35.5. The van der Waals surface area contributed by atoms with Crippen molar-refractivity contribution in [2.45, 2.75) is 27.7 Å². The first-order valence-corrected chi connectivity index (χ1v) is 8.59. The molecule has 0 saturated heterocycles. The molecule has 1 aromatic carbocycles. The molecule has 0 spiro atoms. The molecule has 4 nitrogen and oxygen atoms in total. The Balaban J connectivity index is 2.83. The maximum atomic E-state index is 11.2. The third-order valence-electron chi connectivity index (χ3n) is 3.26. The Morgan fingerprint density at radius 1 is 1.25 bits per heavy atom. The normalized spacial score (nSPS) is 13.6. The predicted octanol–water partition coefficient (Wildman–Crippen LogP) is 2.90. The zero-order valence-corrected chi connectivity index (χ0v) is 13.9. The molecule has 0 heterocycles. The molecule has 0 radical (unpaired) electrons. The van der Waals surface area contributed by atoms with E-state index in [2.05, 4.69) is 0 Å². The molecule has 0 aromatic heterocycles. The molecule has 1 rings (SSSR count). The van der Waals surface area contributed by atoms with E-state index in [1.54, 1.807) is 0 Å². The standard InChI is InChI=1S/C14H22ClNO3S/c1-9(2)12(8-20(16,17)18)7-19-14-10(3)5-13(15)6-11(14)4/h5-6,9,12H,7-8H2,1-4H3,(H2,16,17,18). The summed E-state index contributed by atoms with van der Waals surface area (Å²) in [7, 11) is -3.50. The summed E-state index contributed by atoms with van der Waals surface area (Å²) in [5.74, 6) is 0.714. The maximum Gasteiger partial charge on any atom is 0.209 e. The number of benzene rings is 1. The number of primary sulfonamides is 1. The largest absolute Gasteiger partial charge is 0.493 e. The lowest BCUT2D eigenvalue weighted by Gasteiger charge is -2.21. The number of hydrogen-bond acceptors (Lipinski definition) is 3. The van der Waals surface area contributed by atoms with Crippen molar-refractivity contribution >= 4 is 21.6 Å². The van der Waals surface area contributed by atoms with Crippen LogP contribution >= 0.6 is 11.6 Å². The number of sulfonamides is 1. The van der Waals surface area contributed by atoms with E-state index in [0.29, 0.717) is 11.6 Å². The number of ether oxygens (including phenoxy) is 1. The Labute approximate surface area is 126 Å². The van der Waals surface area contributed by atoms with Crippen LogP contribution in [0.5, 0.6) is 5.75 Å². The van der Waals surface area contributed by atoms with Crippen molar-refractivity contribution in [3.8, 4) is 5.75 Å². The fourth-order valence-corrected chi connectivity index (χ4v) is 3.45. The minimum absolute atomic E-state index is 0.0731. The first-order chi connectivity index (χ1) is 9.10. The van der Waals surface area contributed by atoms with Crippen molar-refractivity contribution in [2.75, 3.05) is 12.4 Å². The number of hydrogen-bond donors (Lipinski definition) is 1. The van der Waals surface area contributed by atoms with Crippen LogP contribution in [0.15, 0.2) is 12.1 Å². The van der Waals surface area contributed by atoms with Crippen LogP contribution in [-0.2, 0) is 10.0 Å². The van der Waals surface area contributed by atoms with Gasteiger partial charge in [0.15, 0.2) is 0 Å². The highest BCUT2D eigenvalue weighted by molar-refractivity contribution is 7.89. The molecule has 0 saturated carbocycles. The second-order valence-electron chi connectivity index (χ2n) is 5.51. The van der Waals surface area contributed by atoms with Gasteiger partial charge in [0.1, 0.15) is 5.75 Å². The molecule has 0 amide bonds. The van der Waals surface area contributed by atoms with Crippen molar-refractivity contribution in [2.24, 2.45) is 17.0 Å². The van der Waals surface area contributed by atoms with Gasteiger partial charge in [-0.25, -0.2) is 13.6 Å². The van der Waals surface area contributed by atoms with Crippen LogP contribution < -0.4 is 9.88 Å². The van der Waals surface area contributed by atoms with Crippen molar-refractivity contribution < 1.29 is 13.2 Å². The number of aryl methyl sites for hydroxylation is 2. The monoisotopic (exact) mass is 319 g/mol. The van der Waals surface area contributed by atoms with Crippen LogP contribution in [0.3, 0.4) is 0 Å². The van der Waals surface area contributed by atoms with Crippen LogP contribution in [0.4, 0.5) is 0 Å². The van der Waals surface area contributed by atoms with E-state index in [4.69, 9.17) is 21.5 Å². The van der Waals surface area contributed by atoms with Crippen molar-refractivity contribution in [1.82, 2.24) is 0 Å². The van der Waals surface area contributed by atoms with Gasteiger partial charge in [-0.15, -0.1) is 0 Å². The van der Waals surface area contributed by atoms with Crippen molar-refractivity contribution in [1.29, 1.82) is 0 Å². The van der Waals surface area contributed by atoms with Crippen molar-refractivity contribution in [3.63, 3.8) is 0 Å². The average molecular weight is 320 g/mol. The van der Waals surface area contributed by atoms with E-state index in [9.17, 15) is 8.42 Å². The van der Waals surface area contributed by atoms with Gasteiger partial charge in [-0.05, 0) is 43.0 Å². The molecule has 0 aliphatic heterocycles. The third-order valence-corrected chi connectivity index (χ3v) is 4.37. The smallest absolute Gasteiger partial charge is 0.209 e. The first-order valence-electron chi connectivity index (χ1n) is 6.50. The van der Waals surface area contributed by atoms with Crippen LogP contribution in [0.2, 0.25) is 5.02 Å². The lowest BCUT2D eigenvalue weighted by Crippen LogP contribution is -2.30. The van der Waals surface area contributed by atoms with Crippen molar-refractivity contribution in [3.05, 3.63) is 28.3 Å². The molecular weight excluding hydrogens is 298 g/mol. The molecule has 6 heteroatoms. The van der Waals surface area contributed by atoms with E-state index < -0.39 is 10.0 Å². The Bertz CT molecular complexity index is 547. The summed E-state index contributed by atoms with van der Waals surface area (Å²) < 4.78 is 28.3. The molecule has 1 aromatic rings. The number of nitrogens with two attached hydrogens (primary N) is 1. The van der Waals surface area contributed by atoms with E-state index in [1.807, 2.05) is 39.8 Å². The van der Waals surface area contributed by atoms with Gasteiger partial charge in [-0.2, -0.15) is 0 Å².